The van der Waals surface area contributed by atoms with E-state index in [0.717, 1.165) is 31.2 Å². The lowest BCUT2D eigenvalue weighted by atomic mass is 10.0. The quantitative estimate of drug-likeness (QED) is 0.687. The van der Waals surface area contributed by atoms with Crippen LogP contribution in [0.4, 0.5) is 4.39 Å². The van der Waals surface area contributed by atoms with Gasteiger partial charge in [-0.1, -0.05) is 36.0 Å². The van der Waals surface area contributed by atoms with E-state index < -0.39 is 27.3 Å². The van der Waals surface area contributed by atoms with Gasteiger partial charge in [0.1, 0.15) is 10.8 Å². The molecule has 1 N–H and O–H groups in total. The molecule has 0 spiro atoms. The first-order valence-corrected chi connectivity index (χ1v) is 11.6. The van der Waals surface area contributed by atoms with Crippen LogP contribution in [-0.2, 0) is 10.0 Å². The smallest absolute Gasteiger partial charge is 0.267 e. The minimum atomic E-state index is -3.84. The predicted molar refractivity (Wildman–Crippen MR) is 109 cm³/mol. The summed E-state index contributed by atoms with van der Waals surface area (Å²) in [6.45, 7) is 0.547. The van der Waals surface area contributed by atoms with Crippen molar-refractivity contribution in [3.8, 4) is 17.0 Å². The number of nitrogens with one attached hydrogen (secondary N) is 1. The zero-order valence-electron chi connectivity index (χ0n) is 15.5. The molecule has 0 atom stereocenters. The fraction of sp³-hybridized carbons (Fsp3) is 0.368. The number of hydrogen-bond donors (Lipinski definition) is 1. The molecule has 1 heterocycles. The van der Waals surface area contributed by atoms with E-state index >= 15 is 0 Å². The average Bonchev–Trinajstić information content (AvgIpc) is 3.14. The second-order valence-electron chi connectivity index (χ2n) is 6.99. The first-order valence-electron chi connectivity index (χ1n) is 8.94. The van der Waals surface area contributed by atoms with E-state index in [0.29, 0.717) is 24.0 Å². The molecule has 1 amide bonds. The molecule has 0 aliphatic heterocycles. The maximum absolute atomic E-state index is 14.4. The Balaban J connectivity index is 1.82. The third-order valence-electron chi connectivity index (χ3n) is 4.63. The van der Waals surface area contributed by atoms with Gasteiger partial charge in [-0.2, -0.15) is 0 Å². The first kappa shape index (κ1) is 21.8. The van der Waals surface area contributed by atoms with Crippen LogP contribution in [0, 0.1) is 11.7 Å². The molecule has 1 aromatic heterocycles. The summed E-state index contributed by atoms with van der Waals surface area (Å²) in [6, 6.07) is 3.65. The van der Waals surface area contributed by atoms with E-state index in [9.17, 15) is 17.6 Å². The summed E-state index contributed by atoms with van der Waals surface area (Å²) < 4.78 is 44.2. The summed E-state index contributed by atoms with van der Waals surface area (Å²) in [4.78, 5) is 16.1. The van der Waals surface area contributed by atoms with Gasteiger partial charge in [0.15, 0.2) is 0 Å². The van der Waals surface area contributed by atoms with Gasteiger partial charge in [-0.25, -0.2) is 22.5 Å². The SMILES string of the molecule is CS(=O)(=O)NC(=O)c1cc(Cl)c(-c2cnc(OCC3CCCC3)c(Cl)c2)cc1F. The van der Waals surface area contributed by atoms with Crippen LogP contribution >= 0.6 is 23.2 Å². The number of aromatic nitrogens is 1. The zero-order chi connectivity index (χ0) is 21.2. The Morgan fingerprint density at radius 2 is 1.93 bits per heavy atom. The minimum Gasteiger partial charge on any atom is -0.476 e. The number of pyridine rings is 1. The lowest BCUT2D eigenvalue weighted by molar-refractivity contribution is 0.0978. The molecule has 0 saturated heterocycles. The van der Waals surface area contributed by atoms with E-state index in [-0.39, 0.29) is 15.6 Å². The molecule has 1 saturated carbocycles. The van der Waals surface area contributed by atoms with Gasteiger partial charge in [0.25, 0.3) is 5.91 Å². The van der Waals surface area contributed by atoms with E-state index in [1.165, 1.54) is 19.0 Å². The molecule has 6 nitrogen and oxygen atoms in total. The van der Waals surface area contributed by atoms with Crippen molar-refractivity contribution in [2.75, 3.05) is 12.9 Å². The number of amides is 1. The van der Waals surface area contributed by atoms with Crippen molar-refractivity contribution < 1.29 is 22.3 Å². The van der Waals surface area contributed by atoms with Gasteiger partial charge in [0, 0.05) is 22.3 Å². The van der Waals surface area contributed by atoms with E-state index in [1.807, 2.05) is 0 Å². The molecule has 0 unspecified atom stereocenters. The summed E-state index contributed by atoms with van der Waals surface area (Å²) in [5, 5.41) is 0.304. The largest absolute Gasteiger partial charge is 0.476 e. The molecule has 29 heavy (non-hydrogen) atoms. The fourth-order valence-electron chi connectivity index (χ4n) is 3.22. The van der Waals surface area contributed by atoms with E-state index in [1.54, 1.807) is 10.8 Å². The Bertz CT molecular complexity index is 1040. The molecule has 0 radical (unpaired) electrons. The van der Waals surface area contributed by atoms with Gasteiger partial charge in [0.2, 0.25) is 15.9 Å². The molecule has 1 aliphatic carbocycles. The third-order valence-corrected chi connectivity index (χ3v) is 5.77. The zero-order valence-corrected chi connectivity index (χ0v) is 17.9. The summed E-state index contributed by atoms with van der Waals surface area (Å²) in [5.74, 6) is -1.24. The molecule has 156 valence electrons. The summed E-state index contributed by atoms with van der Waals surface area (Å²) in [6.07, 6.45) is 6.91. The predicted octanol–water partition coefficient (Wildman–Crippen LogP) is 4.45. The molecule has 1 aliphatic rings. The number of nitrogens with zero attached hydrogens (tertiary/aromatic N) is 1. The minimum absolute atomic E-state index is 0.0440. The van der Waals surface area contributed by atoms with Crippen LogP contribution in [0.2, 0.25) is 10.0 Å². The van der Waals surface area contributed by atoms with Crippen LogP contribution in [0.15, 0.2) is 24.4 Å². The van der Waals surface area contributed by atoms with E-state index in [4.69, 9.17) is 27.9 Å². The Labute approximate surface area is 178 Å². The highest BCUT2D eigenvalue weighted by molar-refractivity contribution is 7.89. The van der Waals surface area contributed by atoms with Gasteiger partial charge in [-0.05, 0) is 37.0 Å². The Morgan fingerprint density at radius 1 is 1.24 bits per heavy atom. The Morgan fingerprint density at radius 3 is 2.55 bits per heavy atom. The van der Waals surface area contributed by atoms with Gasteiger partial charge in [-0.3, -0.25) is 4.79 Å². The van der Waals surface area contributed by atoms with Crippen LogP contribution in [-0.4, -0.2) is 32.2 Å². The number of carbonyl (C=O) groups excluding carboxylic acids is 1. The van der Waals surface area contributed by atoms with Crippen molar-refractivity contribution >= 4 is 39.1 Å². The maximum Gasteiger partial charge on any atom is 0.267 e. The third kappa shape index (κ3) is 5.58. The lowest BCUT2D eigenvalue weighted by Gasteiger charge is -2.13. The first-order chi connectivity index (χ1) is 13.6. The second kappa shape index (κ2) is 8.85. The molecule has 2 aromatic rings. The molecule has 3 rings (SSSR count). The Hall–Kier alpha value is -1.90. The summed E-state index contributed by atoms with van der Waals surface area (Å²) >= 11 is 12.4. The van der Waals surface area contributed by atoms with Crippen LogP contribution in [0.25, 0.3) is 11.1 Å². The van der Waals surface area contributed by atoms with Gasteiger partial charge >= 0.3 is 0 Å². The van der Waals surface area contributed by atoms with Crippen molar-refractivity contribution in [1.29, 1.82) is 0 Å². The van der Waals surface area contributed by atoms with Crippen LogP contribution in [0.3, 0.4) is 0 Å². The molecule has 0 bridgehead atoms. The lowest BCUT2D eigenvalue weighted by Crippen LogP contribution is -2.30. The van der Waals surface area contributed by atoms with Crippen molar-refractivity contribution in [2.45, 2.75) is 25.7 Å². The highest BCUT2D eigenvalue weighted by Crippen LogP contribution is 2.34. The number of benzene rings is 1. The number of halogens is 3. The Kier molecular flexibility index (Phi) is 6.65. The molecule has 10 heteroatoms. The average molecular weight is 461 g/mol. The number of ether oxygens (including phenoxy) is 1. The van der Waals surface area contributed by atoms with Crippen LogP contribution in [0.5, 0.6) is 5.88 Å². The molecule has 1 aromatic carbocycles. The molecule has 1 fully saturated rings. The van der Waals surface area contributed by atoms with Gasteiger partial charge in [0.05, 0.1) is 18.4 Å². The van der Waals surface area contributed by atoms with Gasteiger partial charge in [-0.15, -0.1) is 0 Å². The van der Waals surface area contributed by atoms with Crippen molar-refractivity contribution in [3.05, 3.63) is 45.8 Å². The van der Waals surface area contributed by atoms with Crippen molar-refractivity contribution in [1.82, 2.24) is 9.71 Å². The normalized spacial score (nSPS) is 14.8. The topological polar surface area (TPSA) is 85.4 Å². The number of sulfonamides is 1. The number of carbonyl (C=O) groups is 1. The second-order valence-corrected chi connectivity index (χ2v) is 9.55. The maximum atomic E-state index is 14.4. The van der Waals surface area contributed by atoms with E-state index in [2.05, 4.69) is 4.98 Å². The number of rotatable bonds is 6. The fourth-order valence-corrected chi connectivity index (χ4v) is 4.16. The van der Waals surface area contributed by atoms with Gasteiger partial charge < -0.3 is 4.74 Å². The molecular formula is C19H19Cl2FN2O4S. The number of hydrogen-bond acceptors (Lipinski definition) is 5. The summed E-state index contributed by atoms with van der Waals surface area (Å²) in [5.41, 5.74) is 0.207. The molecular weight excluding hydrogens is 442 g/mol. The highest BCUT2D eigenvalue weighted by atomic mass is 35.5. The standard InChI is InChI=1S/C19H19Cl2FN2O4S/c1-29(26,27)24-18(25)14-7-15(20)13(8-17(14)22)12-6-16(21)19(23-9-12)28-10-11-4-2-3-5-11/h6-9,11H,2-5,10H2,1H3,(H,24,25). The monoisotopic (exact) mass is 460 g/mol. The van der Waals surface area contributed by atoms with Crippen molar-refractivity contribution in [3.63, 3.8) is 0 Å². The van der Waals surface area contributed by atoms with Crippen LogP contribution in [0.1, 0.15) is 36.0 Å². The summed E-state index contributed by atoms with van der Waals surface area (Å²) in [7, 11) is -3.84. The van der Waals surface area contributed by atoms with Crippen LogP contribution < -0.4 is 9.46 Å². The van der Waals surface area contributed by atoms with Crippen molar-refractivity contribution in [2.24, 2.45) is 5.92 Å². The highest BCUT2D eigenvalue weighted by Gasteiger charge is 2.20.